The highest BCUT2D eigenvalue weighted by Gasteiger charge is 2.43. The number of carboxylic acids is 1. The number of nitrogens with one attached hydrogen (secondary N) is 2. The Balaban J connectivity index is 0.881. The lowest BCUT2D eigenvalue weighted by Crippen LogP contribution is -2.48. The molecular formula is C44H74N2O12S. The third kappa shape index (κ3) is 13.8. The maximum atomic E-state index is 13.8. The van der Waals surface area contributed by atoms with Crippen LogP contribution in [-0.2, 0) is 48.5 Å². The van der Waals surface area contributed by atoms with E-state index in [1.807, 2.05) is 0 Å². The van der Waals surface area contributed by atoms with Crippen LogP contribution < -0.4 is 10.8 Å². The van der Waals surface area contributed by atoms with Gasteiger partial charge in [0.1, 0.15) is 0 Å². The van der Waals surface area contributed by atoms with E-state index in [0.29, 0.717) is 122 Å². The van der Waals surface area contributed by atoms with Crippen LogP contribution in [0.25, 0.3) is 0 Å². The van der Waals surface area contributed by atoms with Crippen molar-refractivity contribution in [2.24, 2.45) is 47.3 Å². The molecule has 6 atom stereocenters. The molecule has 0 aromatic rings. The average molecular weight is 855 g/mol. The van der Waals surface area contributed by atoms with Gasteiger partial charge in [0.2, 0.25) is 5.91 Å². The molecule has 338 valence electrons. The predicted octanol–water partition coefficient (Wildman–Crippen LogP) is 6.95. The van der Waals surface area contributed by atoms with E-state index in [4.69, 9.17) is 19.3 Å². The number of carboxylic acid groups (broad SMARTS) is 1. The molecule has 6 aliphatic rings. The molecule has 6 unspecified atom stereocenters. The molecule has 0 aliphatic heterocycles. The summed E-state index contributed by atoms with van der Waals surface area (Å²) >= 11 is 0. The normalized spacial score (nSPS) is 34.2. The lowest BCUT2D eigenvalue weighted by atomic mass is 9.73. The summed E-state index contributed by atoms with van der Waals surface area (Å²) < 4.78 is 33.4. The zero-order valence-electron chi connectivity index (χ0n) is 35.3. The molecular weight excluding hydrogens is 781 g/mol. The van der Waals surface area contributed by atoms with E-state index in [0.717, 1.165) is 32.1 Å². The van der Waals surface area contributed by atoms with Crippen LogP contribution in [0.2, 0.25) is 0 Å². The summed E-state index contributed by atoms with van der Waals surface area (Å²) in [4.78, 5) is 60.2. The molecule has 14 nitrogen and oxygen atoms in total. The van der Waals surface area contributed by atoms with Crippen molar-refractivity contribution in [1.29, 1.82) is 0 Å². The van der Waals surface area contributed by atoms with Crippen LogP contribution in [-0.4, -0.2) is 92.2 Å². The molecule has 6 rings (SSSR count). The Morgan fingerprint density at radius 1 is 0.559 bits per heavy atom. The average Bonchev–Trinajstić information content (AvgIpc) is 3.26. The number of amides is 1. The Bertz CT molecular complexity index is 1410. The largest absolute Gasteiger partial charge is 0.481 e. The summed E-state index contributed by atoms with van der Waals surface area (Å²) in [6.07, 6.45) is 20.1. The van der Waals surface area contributed by atoms with E-state index in [-0.39, 0.29) is 54.2 Å². The van der Waals surface area contributed by atoms with Gasteiger partial charge >= 0.3 is 11.9 Å². The molecule has 6 saturated carbocycles. The van der Waals surface area contributed by atoms with Crippen molar-refractivity contribution in [2.75, 3.05) is 33.0 Å². The monoisotopic (exact) mass is 854 g/mol. The summed E-state index contributed by atoms with van der Waals surface area (Å²) in [6.45, 7) is 1.98. The second kappa shape index (κ2) is 23.5. The molecule has 0 bridgehead atoms. The number of aliphatic carboxylic acids is 1. The van der Waals surface area contributed by atoms with Gasteiger partial charge in [-0.2, -0.15) is 5.48 Å². The lowest BCUT2D eigenvalue weighted by Gasteiger charge is -2.37. The predicted molar refractivity (Wildman–Crippen MR) is 219 cm³/mol. The van der Waals surface area contributed by atoms with Gasteiger partial charge in [-0.05, 0) is 145 Å². The minimum Gasteiger partial charge on any atom is -0.481 e. The van der Waals surface area contributed by atoms with Crippen LogP contribution in [0, 0.1) is 47.3 Å². The third-order valence-corrected chi connectivity index (χ3v) is 17.9. The number of esters is 1. The summed E-state index contributed by atoms with van der Waals surface area (Å²) in [5.41, 5.74) is 3.18. The standard InChI is InChI=1S/C44H74N2O12S/c47-42(41-23-32(11-22-40(41)43(48)49)27-58-57-26-31-9-5-2-6-10-31)45-36-14-18-38(19-15-36)59(52,53)39-20-16-37(17-21-39)46-55-28-35-24-33(12-13-34(35)29-56-51)44(50)54-25-30-7-3-1-4-8-30/h30-41,46,51H,1-29H2,(H,45,47)(H,48,49). The molecule has 6 fully saturated rings. The second-order valence-electron chi connectivity index (χ2n) is 19.2. The van der Waals surface area contributed by atoms with Crippen LogP contribution in [0.15, 0.2) is 0 Å². The van der Waals surface area contributed by atoms with Gasteiger partial charge in [-0.25, -0.2) is 23.1 Å². The first-order chi connectivity index (χ1) is 28.6. The fourth-order valence-corrected chi connectivity index (χ4v) is 13.7. The molecule has 15 heteroatoms. The van der Waals surface area contributed by atoms with Crippen molar-refractivity contribution >= 4 is 27.7 Å². The molecule has 0 radical (unpaired) electrons. The molecule has 0 aromatic heterocycles. The number of rotatable bonds is 19. The highest BCUT2D eigenvalue weighted by Crippen LogP contribution is 2.38. The van der Waals surface area contributed by atoms with Crippen LogP contribution in [0.1, 0.15) is 154 Å². The quantitative estimate of drug-likeness (QED) is 0.0451. The van der Waals surface area contributed by atoms with Gasteiger partial charge in [-0.3, -0.25) is 19.6 Å². The number of carbonyl (C=O) groups is 3. The van der Waals surface area contributed by atoms with Gasteiger partial charge in [0.15, 0.2) is 9.84 Å². The van der Waals surface area contributed by atoms with E-state index in [2.05, 4.69) is 15.7 Å². The summed E-state index contributed by atoms with van der Waals surface area (Å²) in [5.74, 6) is -1.81. The molecule has 0 aromatic carbocycles. The number of hydroxylamine groups is 1. The lowest BCUT2D eigenvalue weighted by molar-refractivity contribution is -0.310. The molecule has 1 amide bonds. The molecule has 0 spiro atoms. The zero-order valence-corrected chi connectivity index (χ0v) is 36.1. The molecule has 0 heterocycles. The van der Waals surface area contributed by atoms with Gasteiger partial charge < -0.3 is 20.0 Å². The van der Waals surface area contributed by atoms with Crippen LogP contribution in [0.4, 0.5) is 0 Å². The first kappa shape index (κ1) is 46.6. The van der Waals surface area contributed by atoms with Crippen LogP contribution in [0.3, 0.4) is 0 Å². The van der Waals surface area contributed by atoms with E-state index in [9.17, 15) is 33.2 Å². The first-order valence-electron chi connectivity index (χ1n) is 23.4. The first-order valence-corrected chi connectivity index (χ1v) is 25.0. The molecule has 6 aliphatic carbocycles. The van der Waals surface area contributed by atoms with Crippen molar-refractivity contribution in [3.63, 3.8) is 0 Å². The Kier molecular flexibility index (Phi) is 18.6. The Hall–Kier alpha value is -1.88. The maximum absolute atomic E-state index is 13.8. The SMILES string of the molecule is O=C(OCC1CCCCC1)C1CCC(COO)C(CONC2CCC(S(=O)(=O)C3CCC(NC(=O)C4CC(COOCC5CCCCC5)CCC4C(=O)O)CC3)CC2)C1. The fourth-order valence-electron chi connectivity index (χ4n) is 11.3. The zero-order chi connectivity index (χ0) is 41.6. The summed E-state index contributed by atoms with van der Waals surface area (Å²) in [5, 5.41) is 21.4. The smallest absolute Gasteiger partial charge is 0.308 e. The van der Waals surface area contributed by atoms with Gasteiger partial charge in [-0.1, -0.05) is 38.5 Å². The van der Waals surface area contributed by atoms with E-state index in [1.165, 1.54) is 38.5 Å². The highest BCUT2D eigenvalue weighted by molar-refractivity contribution is 7.92. The van der Waals surface area contributed by atoms with E-state index < -0.39 is 38.1 Å². The van der Waals surface area contributed by atoms with Crippen LogP contribution >= 0.6 is 0 Å². The maximum Gasteiger partial charge on any atom is 0.308 e. The Labute approximate surface area is 352 Å². The number of ether oxygens (including phenoxy) is 1. The molecule has 59 heavy (non-hydrogen) atoms. The number of hydrogen-bond acceptors (Lipinski definition) is 12. The summed E-state index contributed by atoms with van der Waals surface area (Å²) in [6, 6.07) is -0.152. The Morgan fingerprint density at radius 2 is 1.15 bits per heavy atom. The van der Waals surface area contributed by atoms with Gasteiger partial charge in [0.05, 0.1) is 61.3 Å². The Morgan fingerprint density at radius 3 is 1.76 bits per heavy atom. The fraction of sp³-hybridized carbons (Fsp3) is 0.932. The number of hydrogen-bond donors (Lipinski definition) is 4. The van der Waals surface area contributed by atoms with Crippen molar-refractivity contribution in [3.05, 3.63) is 0 Å². The topological polar surface area (TPSA) is 196 Å². The summed E-state index contributed by atoms with van der Waals surface area (Å²) in [7, 11) is -3.37. The highest BCUT2D eigenvalue weighted by atomic mass is 32.2. The minimum atomic E-state index is -3.37. The van der Waals surface area contributed by atoms with Gasteiger partial charge in [-0.15, -0.1) is 0 Å². The van der Waals surface area contributed by atoms with E-state index in [1.54, 1.807) is 0 Å². The number of sulfone groups is 1. The van der Waals surface area contributed by atoms with Gasteiger partial charge in [0, 0.05) is 12.1 Å². The van der Waals surface area contributed by atoms with E-state index >= 15 is 0 Å². The van der Waals surface area contributed by atoms with Crippen molar-refractivity contribution in [2.45, 2.75) is 177 Å². The van der Waals surface area contributed by atoms with Crippen molar-refractivity contribution < 1.29 is 57.4 Å². The van der Waals surface area contributed by atoms with Crippen LogP contribution in [0.5, 0.6) is 0 Å². The minimum absolute atomic E-state index is 0.0144. The van der Waals surface area contributed by atoms with Gasteiger partial charge in [0.25, 0.3) is 0 Å². The van der Waals surface area contributed by atoms with Crippen molar-refractivity contribution in [3.8, 4) is 0 Å². The molecule has 0 saturated heterocycles. The number of carbonyl (C=O) groups excluding carboxylic acids is 2. The second-order valence-corrected chi connectivity index (χ2v) is 21.7. The molecule has 4 N–H and O–H groups in total. The third-order valence-electron chi connectivity index (χ3n) is 15.1. The van der Waals surface area contributed by atoms with Crippen molar-refractivity contribution in [1.82, 2.24) is 10.8 Å².